The highest BCUT2D eigenvalue weighted by atomic mass is 35.5. The molecule has 9 heteroatoms. The molecule has 0 saturated heterocycles. The quantitative estimate of drug-likeness (QED) is 0.164. The summed E-state index contributed by atoms with van der Waals surface area (Å²) >= 11 is 5.58. The fourth-order valence-electron chi connectivity index (χ4n) is 3.81. The lowest BCUT2D eigenvalue weighted by molar-refractivity contribution is -0.431. The Morgan fingerprint density at radius 3 is 2.44 bits per heavy atom. The van der Waals surface area contributed by atoms with E-state index in [1.165, 1.54) is 0 Å². The Balaban J connectivity index is 1.95. The van der Waals surface area contributed by atoms with Crippen LogP contribution in [0, 0.1) is 10.1 Å². The molecule has 0 fully saturated rings. The van der Waals surface area contributed by atoms with Gasteiger partial charge in [-0.1, -0.05) is 48.5 Å². The van der Waals surface area contributed by atoms with E-state index in [2.05, 4.69) is 5.32 Å². The number of nitro groups is 1. The number of dihydropyridines is 1. The van der Waals surface area contributed by atoms with Crippen LogP contribution in [0.5, 0.6) is 5.75 Å². The lowest BCUT2D eigenvalue weighted by Gasteiger charge is -2.27. The fraction of sp³-hybridized carbons (Fsp3) is 0.320. The van der Waals surface area contributed by atoms with E-state index in [4.69, 9.17) is 25.8 Å². The first-order chi connectivity index (χ1) is 16.4. The van der Waals surface area contributed by atoms with Gasteiger partial charge < -0.3 is 19.5 Å². The Labute approximate surface area is 203 Å². The number of nitrogens with zero attached hydrogens (tertiary/aromatic N) is 1. The first-order valence-electron chi connectivity index (χ1n) is 10.8. The molecule has 0 saturated carbocycles. The number of para-hydroxylation sites is 1. The third-order valence-corrected chi connectivity index (χ3v) is 5.45. The van der Waals surface area contributed by atoms with Crippen LogP contribution in [0.25, 0.3) is 0 Å². The largest absolute Gasteiger partial charge is 0.489 e. The zero-order valence-electron chi connectivity index (χ0n) is 19.1. The summed E-state index contributed by atoms with van der Waals surface area (Å²) in [6.07, 6.45) is 0. The summed E-state index contributed by atoms with van der Waals surface area (Å²) in [5.41, 5.74) is 2.32. The molecule has 1 N–H and O–H groups in total. The number of rotatable bonds is 11. The number of halogens is 1. The maximum atomic E-state index is 13.1. The van der Waals surface area contributed by atoms with Crippen molar-refractivity contribution in [3.05, 3.63) is 98.5 Å². The van der Waals surface area contributed by atoms with Crippen LogP contribution < -0.4 is 10.1 Å². The summed E-state index contributed by atoms with van der Waals surface area (Å²) in [4.78, 5) is 24.7. The minimum Gasteiger partial charge on any atom is -0.489 e. The number of carbonyl (C=O) groups excluding carboxylic acids is 1. The van der Waals surface area contributed by atoms with E-state index in [1.54, 1.807) is 38.1 Å². The number of ether oxygens (including phenoxy) is 3. The van der Waals surface area contributed by atoms with Crippen LogP contribution in [0.4, 0.5) is 0 Å². The third kappa shape index (κ3) is 6.15. The number of hydrogen-bond donors (Lipinski definition) is 1. The molecule has 8 nitrogen and oxygen atoms in total. The minimum absolute atomic E-state index is 0.00186. The van der Waals surface area contributed by atoms with Crippen molar-refractivity contribution in [2.24, 2.45) is 0 Å². The molecule has 1 unspecified atom stereocenters. The molecule has 2 aromatic carbocycles. The molecule has 1 aliphatic rings. The molecule has 0 bridgehead atoms. The van der Waals surface area contributed by atoms with Crippen LogP contribution in [0.2, 0.25) is 0 Å². The number of nitrogens with one attached hydrogen (secondary N) is 1. The van der Waals surface area contributed by atoms with E-state index in [0.29, 0.717) is 35.2 Å². The first kappa shape index (κ1) is 25.3. The number of hydrogen-bond acceptors (Lipinski definition) is 7. The molecule has 34 heavy (non-hydrogen) atoms. The van der Waals surface area contributed by atoms with E-state index in [-0.39, 0.29) is 31.1 Å². The molecule has 1 aliphatic heterocycles. The van der Waals surface area contributed by atoms with Gasteiger partial charge in [0.2, 0.25) is 0 Å². The van der Waals surface area contributed by atoms with Crippen molar-refractivity contribution in [2.75, 3.05) is 25.7 Å². The van der Waals surface area contributed by atoms with Gasteiger partial charge in [0.1, 0.15) is 24.9 Å². The summed E-state index contributed by atoms with van der Waals surface area (Å²) in [5, 5.41) is 15.1. The van der Waals surface area contributed by atoms with Gasteiger partial charge in [0.15, 0.2) is 0 Å². The molecule has 0 amide bonds. The second kappa shape index (κ2) is 12.2. The maximum Gasteiger partial charge on any atom is 0.337 e. The zero-order chi connectivity index (χ0) is 24.5. The van der Waals surface area contributed by atoms with E-state index >= 15 is 0 Å². The third-order valence-electron chi connectivity index (χ3n) is 5.29. The van der Waals surface area contributed by atoms with Crippen LogP contribution in [-0.2, 0) is 20.9 Å². The van der Waals surface area contributed by atoms with E-state index in [9.17, 15) is 14.9 Å². The lowest BCUT2D eigenvalue weighted by Crippen LogP contribution is -2.32. The Hall–Kier alpha value is -3.36. The SMILES string of the molecule is CC1=C(C(=O)OCCOCCCl)C(c2ccccc2OCc2ccccc2)C([N+](=O)[O-])=C(C)N1. The topological polar surface area (TPSA) is 99.9 Å². The molecular weight excluding hydrogens is 460 g/mol. The fourth-order valence-corrected chi connectivity index (χ4v) is 3.92. The van der Waals surface area contributed by atoms with Gasteiger partial charge in [-0.25, -0.2) is 4.79 Å². The van der Waals surface area contributed by atoms with E-state index in [0.717, 1.165) is 5.56 Å². The molecular formula is C25H27ClN2O6. The standard InChI is InChI=1S/C25H27ClN2O6/c1-17-22(25(29)33-15-14-32-13-12-26)23(24(28(30)31)18(2)27-17)20-10-6-7-11-21(20)34-16-19-8-4-3-5-9-19/h3-11,23,27H,12-16H2,1-2H3. The molecule has 0 aromatic heterocycles. The molecule has 0 spiro atoms. The van der Waals surface area contributed by atoms with Gasteiger partial charge in [-0.3, -0.25) is 10.1 Å². The highest BCUT2D eigenvalue weighted by Crippen LogP contribution is 2.42. The van der Waals surface area contributed by atoms with Gasteiger partial charge in [0.25, 0.3) is 5.70 Å². The molecule has 180 valence electrons. The summed E-state index contributed by atoms with van der Waals surface area (Å²) in [5.74, 6) is -0.845. The van der Waals surface area contributed by atoms with Gasteiger partial charge in [0.05, 0.1) is 29.4 Å². The normalized spacial score (nSPS) is 15.7. The van der Waals surface area contributed by atoms with Gasteiger partial charge in [-0.15, -0.1) is 11.6 Å². The van der Waals surface area contributed by atoms with Crippen molar-refractivity contribution in [1.82, 2.24) is 5.32 Å². The summed E-state index contributed by atoms with van der Waals surface area (Å²) < 4.78 is 16.7. The molecule has 3 rings (SSSR count). The number of allylic oxidation sites excluding steroid dienone is 3. The molecule has 0 aliphatic carbocycles. The number of carbonyl (C=O) groups is 1. The number of benzene rings is 2. The average Bonchev–Trinajstić information content (AvgIpc) is 2.82. The Morgan fingerprint density at radius 2 is 1.74 bits per heavy atom. The smallest absolute Gasteiger partial charge is 0.337 e. The Kier molecular flexibility index (Phi) is 9.07. The van der Waals surface area contributed by atoms with Crippen molar-refractivity contribution in [3.8, 4) is 5.75 Å². The first-order valence-corrected chi connectivity index (χ1v) is 11.4. The van der Waals surface area contributed by atoms with Crippen molar-refractivity contribution >= 4 is 17.6 Å². The monoisotopic (exact) mass is 486 g/mol. The van der Waals surface area contributed by atoms with Crippen molar-refractivity contribution in [3.63, 3.8) is 0 Å². The van der Waals surface area contributed by atoms with E-state index in [1.807, 2.05) is 30.3 Å². The molecule has 1 atom stereocenters. The Bertz CT molecular complexity index is 1080. The van der Waals surface area contributed by atoms with Crippen molar-refractivity contribution < 1.29 is 23.9 Å². The van der Waals surface area contributed by atoms with Gasteiger partial charge >= 0.3 is 5.97 Å². The average molecular weight is 487 g/mol. The number of alkyl halides is 1. The minimum atomic E-state index is -0.973. The lowest BCUT2D eigenvalue weighted by atomic mass is 9.83. The van der Waals surface area contributed by atoms with Crippen LogP contribution >= 0.6 is 11.6 Å². The van der Waals surface area contributed by atoms with Crippen molar-refractivity contribution in [2.45, 2.75) is 26.4 Å². The number of esters is 1. The van der Waals surface area contributed by atoms with Crippen LogP contribution in [-0.4, -0.2) is 36.6 Å². The second-order valence-corrected chi connectivity index (χ2v) is 7.99. The van der Waals surface area contributed by atoms with Crippen LogP contribution in [0.15, 0.2) is 77.3 Å². The van der Waals surface area contributed by atoms with Crippen molar-refractivity contribution in [1.29, 1.82) is 0 Å². The predicted octanol–water partition coefficient (Wildman–Crippen LogP) is 4.53. The van der Waals surface area contributed by atoms with Crippen LogP contribution in [0.1, 0.15) is 30.9 Å². The Morgan fingerprint density at radius 1 is 1.03 bits per heavy atom. The summed E-state index contributed by atoms with van der Waals surface area (Å²) in [6, 6.07) is 16.6. The second-order valence-electron chi connectivity index (χ2n) is 7.61. The molecule has 2 aromatic rings. The highest BCUT2D eigenvalue weighted by Gasteiger charge is 2.42. The van der Waals surface area contributed by atoms with Gasteiger partial charge in [-0.2, -0.15) is 0 Å². The maximum absolute atomic E-state index is 13.1. The summed E-state index contributed by atoms with van der Waals surface area (Å²) in [7, 11) is 0. The predicted molar refractivity (Wildman–Crippen MR) is 128 cm³/mol. The van der Waals surface area contributed by atoms with Crippen LogP contribution in [0.3, 0.4) is 0 Å². The molecule has 0 radical (unpaired) electrons. The summed E-state index contributed by atoms with van der Waals surface area (Å²) in [6.45, 7) is 4.11. The zero-order valence-corrected chi connectivity index (χ0v) is 19.8. The highest BCUT2D eigenvalue weighted by molar-refractivity contribution is 6.17. The van der Waals surface area contributed by atoms with Gasteiger partial charge in [-0.05, 0) is 25.5 Å². The van der Waals surface area contributed by atoms with Gasteiger partial charge in [0, 0.05) is 17.1 Å². The molecule has 1 heterocycles. The van der Waals surface area contributed by atoms with E-state index < -0.39 is 16.8 Å².